The lowest BCUT2D eigenvalue weighted by Crippen LogP contribution is -2.51. The van der Waals surface area contributed by atoms with Crippen LogP contribution in [0.15, 0.2) is 6.20 Å². The van der Waals surface area contributed by atoms with Gasteiger partial charge in [0.1, 0.15) is 0 Å². The molecule has 0 bridgehead atoms. The van der Waals surface area contributed by atoms with Crippen LogP contribution >= 0.6 is 11.6 Å². The summed E-state index contributed by atoms with van der Waals surface area (Å²) in [4.78, 5) is 14.4. The quantitative estimate of drug-likeness (QED) is 0.872. The van der Waals surface area contributed by atoms with Crippen LogP contribution in [0.3, 0.4) is 0 Å². The molecule has 1 aliphatic heterocycles. The number of nitrogens with zero attached hydrogens (tertiary/aromatic N) is 3. The third-order valence-corrected chi connectivity index (χ3v) is 4.42. The summed E-state index contributed by atoms with van der Waals surface area (Å²) in [6.45, 7) is 1.21. The molecule has 3 atom stereocenters. The zero-order chi connectivity index (χ0) is 14.3. The molecule has 1 aliphatic carbocycles. The van der Waals surface area contributed by atoms with Crippen molar-refractivity contribution in [2.75, 3.05) is 19.8 Å². The molecule has 0 radical (unpaired) electrons. The molecule has 7 heteroatoms. The second kappa shape index (κ2) is 5.35. The summed E-state index contributed by atoms with van der Waals surface area (Å²) >= 11 is 6.06. The predicted molar refractivity (Wildman–Crippen MR) is 72.6 cm³/mol. The zero-order valence-electron chi connectivity index (χ0n) is 11.3. The summed E-state index contributed by atoms with van der Waals surface area (Å²) in [5.74, 6) is 0.0603. The molecular weight excluding hydrogens is 282 g/mol. The summed E-state index contributed by atoms with van der Waals surface area (Å²) in [5.41, 5.74) is 0.294. The summed E-state index contributed by atoms with van der Waals surface area (Å²) in [6, 6.07) is 0.0199. The number of hydrogen-bond donors (Lipinski definition) is 1. The predicted octanol–water partition coefficient (Wildman–Crippen LogP) is 0.685. The van der Waals surface area contributed by atoms with Crippen LogP contribution in [0.1, 0.15) is 23.3 Å². The second-order valence-electron chi connectivity index (χ2n) is 5.49. The summed E-state index contributed by atoms with van der Waals surface area (Å²) in [7, 11) is 1.74. The number of aliphatic hydroxyl groups excluding tert-OH is 1. The summed E-state index contributed by atoms with van der Waals surface area (Å²) in [5, 5.41) is 13.8. The number of aryl methyl sites for hydroxylation is 1. The maximum atomic E-state index is 12.6. The average Bonchev–Trinajstić information content (AvgIpc) is 3.00. The normalized spacial score (nSPS) is 29.6. The second-order valence-corrected chi connectivity index (χ2v) is 5.90. The molecule has 1 amide bonds. The van der Waals surface area contributed by atoms with Crippen LogP contribution in [-0.4, -0.2) is 57.6 Å². The first-order chi connectivity index (χ1) is 9.60. The smallest absolute Gasteiger partial charge is 0.276 e. The van der Waals surface area contributed by atoms with Crippen LogP contribution in [0.25, 0.3) is 0 Å². The lowest BCUT2D eigenvalue weighted by molar-refractivity contribution is -0.0450. The highest BCUT2D eigenvalue weighted by Gasteiger charge is 2.43. The van der Waals surface area contributed by atoms with E-state index in [0.717, 1.165) is 12.8 Å². The third-order valence-electron chi connectivity index (χ3n) is 4.14. The van der Waals surface area contributed by atoms with E-state index in [9.17, 15) is 9.90 Å². The maximum Gasteiger partial charge on any atom is 0.276 e. The molecule has 2 fully saturated rings. The van der Waals surface area contributed by atoms with Crippen LogP contribution < -0.4 is 0 Å². The minimum atomic E-state index is -0.146. The Morgan fingerprint density at radius 2 is 2.40 bits per heavy atom. The van der Waals surface area contributed by atoms with Crippen molar-refractivity contribution in [2.45, 2.75) is 25.0 Å². The number of fused-ring (bicyclic) bond motifs is 1. The van der Waals surface area contributed by atoms with E-state index in [2.05, 4.69) is 5.10 Å². The standard InChI is InChI=1S/C13H18ClN3O3/c1-16-6-9(14)12(15-16)13(19)17-2-3-20-11-5-8(7-18)4-10(11)17/h6,8,10-11,18H,2-5,7H2,1H3/t8-,10+,11?/m1/s1. The van der Waals surface area contributed by atoms with Crippen molar-refractivity contribution in [1.82, 2.24) is 14.7 Å². The fraction of sp³-hybridized carbons (Fsp3) is 0.692. The number of carbonyl (C=O) groups excluding carboxylic acids is 1. The summed E-state index contributed by atoms with van der Waals surface area (Å²) in [6.07, 6.45) is 3.23. The van der Waals surface area contributed by atoms with Gasteiger partial charge in [0.15, 0.2) is 5.69 Å². The number of halogens is 1. The van der Waals surface area contributed by atoms with Gasteiger partial charge in [0.25, 0.3) is 5.91 Å². The SMILES string of the molecule is Cn1cc(Cl)c(C(=O)N2CCOC3C[C@H](CO)C[C@@H]32)n1. The molecule has 2 heterocycles. The molecule has 1 N–H and O–H groups in total. The van der Waals surface area contributed by atoms with E-state index in [1.807, 2.05) is 0 Å². The highest BCUT2D eigenvalue weighted by atomic mass is 35.5. The first-order valence-electron chi connectivity index (χ1n) is 6.82. The third kappa shape index (κ3) is 2.32. The fourth-order valence-corrected chi connectivity index (χ4v) is 3.45. The minimum absolute atomic E-state index is 0.0199. The van der Waals surface area contributed by atoms with E-state index in [0.29, 0.717) is 23.9 Å². The van der Waals surface area contributed by atoms with Crippen LogP contribution in [0, 0.1) is 5.92 Å². The van der Waals surface area contributed by atoms with Crippen LogP contribution in [0.5, 0.6) is 0 Å². The monoisotopic (exact) mass is 299 g/mol. The van der Waals surface area contributed by atoms with Crippen molar-refractivity contribution in [3.8, 4) is 0 Å². The van der Waals surface area contributed by atoms with Gasteiger partial charge >= 0.3 is 0 Å². The Hall–Kier alpha value is -1.11. The number of ether oxygens (including phenoxy) is 1. The first-order valence-corrected chi connectivity index (χ1v) is 7.20. The van der Waals surface area contributed by atoms with Gasteiger partial charge in [0.2, 0.25) is 0 Å². The van der Waals surface area contributed by atoms with E-state index in [1.165, 1.54) is 0 Å². The highest BCUT2D eigenvalue weighted by Crippen LogP contribution is 2.35. The number of rotatable bonds is 2. The number of hydrogen-bond acceptors (Lipinski definition) is 4. The van der Waals surface area contributed by atoms with Crippen molar-refractivity contribution in [3.63, 3.8) is 0 Å². The molecule has 1 aromatic rings. The van der Waals surface area contributed by atoms with E-state index in [1.54, 1.807) is 22.8 Å². The van der Waals surface area contributed by atoms with Gasteiger partial charge in [-0.3, -0.25) is 9.48 Å². The Kier molecular flexibility index (Phi) is 3.70. The topological polar surface area (TPSA) is 67.6 Å². The molecular formula is C13H18ClN3O3. The fourth-order valence-electron chi connectivity index (χ4n) is 3.19. The number of aliphatic hydroxyl groups is 1. The average molecular weight is 300 g/mol. The van der Waals surface area contributed by atoms with Crippen molar-refractivity contribution in [2.24, 2.45) is 13.0 Å². The Bertz CT molecular complexity index is 519. The molecule has 1 aromatic heterocycles. The molecule has 6 nitrogen and oxygen atoms in total. The van der Waals surface area contributed by atoms with Gasteiger partial charge in [-0.1, -0.05) is 11.6 Å². The number of carbonyl (C=O) groups is 1. The van der Waals surface area contributed by atoms with Crippen molar-refractivity contribution >= 4 is 17.5 Å². The molecule has 1 saturated carbocycles. The van der Waals surface area contributed by atoms with Gasteiger partial charge in [0.05, 0.1) is 23.8 Å². The lowest BCUT2D eigenvalue weighted by atomic mass is 10.1. The zero-order valence-corrected chi connectivity index (χ0v) is 12.1. The van der Waals surface area contributed by atoms with E-state index in [4.69, 9.17) is 16.3 Å². The first kappa shape index (κ1) is 13.9. The molecule has 1 unspecified atom stereocenters. The molecule has 0 aromatic carbocycles. The van der Waals surface area contributed by atoms with Gasteiger partial charge in [-0.25, -0.2) is 0 Å². The minimum Gasteiger partial charge on any atom is -0.396 e. The summed E-state index contributed by atoms with van der Waals surface area (Å²) < 4.78 is 7.26. The van der Waals surface area contributed by atoms with Crippen LogP contribution in [0.2, 0.25) is 5.02 Å². The van der Waals surface area contributed by atoms with Crippen LogP contribution in [0.4, 0.5) is 0 Å². The van der Waals surface area contributed by atoms with Gasteiger partial charge in [0, 0.05) is 26.4 Å². The number of aromatic nitrogens is 2. The maximum absolute atomic E-state index is 12.6. The Morgan fingerprint density at radius 3 is 3.05 bits per heavy atom. The largest absolute Gasteiger partial charge is 0.396 e. The van der Waals surface area contributed by atoms with Crippen molar-refractivity contribution in [3.05, 3.63) is 16.9 Å². The lowest BCUT2D eigenvalue weighted by Gasteiger charge is -2.37. The van der Waals surface area contributed by atoms with Gasteiger partial charge < -0.3 is 14.7 Å². The van der Waals surface area contributed by atoms with Crippen molar-refractivity contribution in [1.29, 1.82) is 0 Å². The number of morpholine rings is 1. The Balaban J connectivity index is 1.82. The van der Waals surface area contributed by atoms with E-state index >= 15 is 0 Å². The van der Waals surface area contributed by atoms with Gasteiger partial charge in [-0.2, -0.15) is 5.10 Å². The number of amides is 1. The molecule has 110 valence electrons. The molecule has 2 aliphatic rings. The highest BCUT2D eigenvalue weighted by molar-refractivity contribution is 6.33. The van der Waals surface area contributed by atoms with E-state index < -0.39 is 0 Å². The van der Waals surface area contributed by atoms with Crippen LogP contribution in [-0.2, 0) is 11.8 Å². The van der Waals surface area contributed by atoms with E-state index in [-0.39, 0.29) is 30.6 Å². The molecule has 3 rings (SSSR count). The molecule has 1 saturated heterocycles. The Labute approximate surface area is 122 Å². The molecule has 20 heavy (non-hydrogen) atoms. The Morgan fingerprint density at radius 1 is 1.60 bits per heavy atom. The molecule has 0 spiro atoms. The van der Waals surface area contributed by atoms with Gasteiger partial charge in [-0.15, -0.1) is 0 Å². The van der Waals surface area contributed by atoms with Crippen molar-refractivity contribution < 1.29 is 14.6 Å². The van der Waals surface area contributed by atoms with Gasteiger partial charge in [-0.05, 0) is 18.8 Å².